The smallest absolute Gasteiger partial charge is 0.273 e. The Morgan fingerprint density at radius 1 is 1.47 bits per heavy atom. The predicted molar refractivity (Wildman–Crippen MR) is 62.8 cm³/mol. The number of rotatable bonds is 5. The molecule has 17 heavy (non-hydrogen) atoms. The van der Waals surface area contributed by atoms with E-state index in [0.717, 1.165) is 5.56 Å². The number of nitrogens with two attached hydrogens (primary N) is 1. The standard InChI is InChI=1S/C11H16N2O4/c1-11(2,7-17-12)9-5-4-8(13(14)15)6-10(9)16-3/h4-6H,7,12H2,1-3H3. The van der Waals surface area contributed by atoms with Crippen LogP contribution in [0.1, 0.15) is 19.4 Å². The van der Waals surface area contributed by atoms with Crippen LogP contribution in [0.2, 0.25) is 0 Å². The highest BCUT2D eigenvalue weighted by molar-refractivity contribution is 5.47. The SMILES string of the molecule is COc1cc([N+](=O)[O-])ccc1C(C)(C)CON. The highest BCUT2D eigenvalue weighted by atomic mass is 16.6. The van der Waals surface area contributed by atoms with Gasteiger partial charge in [0.05, 0.1) is 24.7 Å². The molecule has 0 unspecified atom stereocenters. The number of non-ortho nitro benzene ring substituents is 1. The van der Waals surface area contributed by atoms with Crippen LogP contribution in [-0.2, 0) is 10.3 Å². The summed E-state index contributed by atoms with van der Waals surface area (Å²) in [6.45, 7) is 4.13. The van der Waals surface area contributed by atoms with E-state index in [1.54, 1.807) is 6.07 Å². The topological polar surface area (TPSA) is 87.6 Å². The molecule has 0 fully saturated rings. The summed E-state index contributed by atoms with van der Waals surface area (Å²) < 4.78 is 5.17. The van der Waals surface area contributed by atoms with Crippen molar-refractivity contribution in [3.8, 4) is 5.75 Å². The molecule has 94 valence electrons. The molecule has 0 spiro atoms. The molecule has 0 saturated heterocycles. The lowest BCUT2D eigenvalue weighted by Crippen LogP contribution is -2.26. The van der Waals surface area contributed by atoms with Crippen LogP contribution in [0.15, 0.2) is 18.2 Å². The number of hydrogen-bond donors (Lipinski definition) is 1. The molecule has 0 amide bonds. The first kappa shape index (κ1) is 13.4. The number of nitro groups is 1. The second kappa shape index (κ2) is 5.11. The normalized spacial score (nSPS) is 11.3. The van der Waals surface area contributed by atoms with Crippen molar-refractivity contribution in [2.24, 2.45) is 5.90 Å². The van der Waals surface area contributed by atoms with Crippen molar-refractivity contribution in [3.63, 3.8) is 0 Å². The molecule has 0 aliphatic rings. The van der Waals surface area contributed by atoms with E-state index in [-0.39, 0.29) is 11.1 Å². The molecule has 0 radical (unpaired) electrons. The first-order chi connectivity index (χ1) is 7.92. The average molecular weight is 240 g/mol. The van der Waals surface area contributed by atoms with Crippen LogP contribution in [0.3, 0.4) is 0 Å². The predicted octanol–water partition coefficient (Wildman–Crippen LogP) is 1.77. The lowest BCUT2D eigenvalue weighted by molar-refractivity contribution is -0.384. The number of ether oxygens (including phenoxy) is 1. The van der Waals surface area contributed by atoms with Gasteiger partial charge in [-0.05, 0) is 6.07 Å². The largest absolute Gasteiger partial charge is 0.496 e. The zero-order chi connectivity index (χ0) is 13.1. The van der Waals surface area contributed by atoms with Gasteiger partial charge < -0.3 is 9.57 Å². The minimum Gasteiger partial charge on any atom is -0.496 e. The van der Waals surface area contributed by atoms with Crippen molar-refractivity contribution < 1.29 is 14.5 Å². The molecule has 6 heteroatoms. The van der Waals surface area contributed by atoms with Gasteiger partial charge in [0.25, 0.3) is 5.69 Å². The third-order valence-electron chi connectivity index (χ3n) is 2.57. The maximum atomic E-state index is 10.7. The van der Waals surface area contributed by atoms with Gasteiger partial charge in [-0.2, -0.15) is 0 Å². The fourth-order valence-corrected chi connectivity index (χ4v) is 1.64. The second-order valence-corrected chi connectivity index (χ2v) is 4.34. The third-order valence-corrected chi connectivity index (χ3v) is 2.57. The van der Waals surface area contributed by atoms with E-state index in [1.807, 2.05) is 13.8 Å². The summed E-state index contributed by atoms with van der Waals surface area (Å²) in [6, 6.07) is 4.50. The Hall–Kier alpha value is -1.66. The molecule has 1 aromatic rings. The van der Waals surface area contributed by atoms with Crippen molar-refractivity contribution in [3.05, 3.63) is 33.9 Å². The first-order valence-corrected chi connectivity index (χ1v) is 5.07. The highest BCUT2D eigenvalue weighted by Crippen LogP contribution is 2.34. The van der Waals surface area contributed by atoms with Crippen molar-refractivity contribution in [1.82, 2.24) is 0 Å². The van der Waals surface area contributed by atoms with E-state index in [1.165, 1.54) is 19.2 Å². The average Bonchev–Trinajstić information content (AvgIpc) is 2.28. The Morgan fingerprint density at radius 2 is 2.12 bits per heavy atom. The number of nitrogens with zero attached hydrogens (tertiary/aromatic N) is 1. The molecule has 1 rings (SSSR count). The molecular formula is C11H16N2O4. The van der Waals surface area contributed by atoms with Crippen LogP contribution in [0, 0.1) is 10.1 Å². The van der Waals surface area contributed by atoms with Crippen molar-refractivity contribution >= 4 is 5.69 Å². The Balaban J connectivity index is 3.21. The van der Waals surface area contributed by atoms with E-state index >= 15 is 0 Å². The molecule has 0 heterocycles. The molecular weight excluding hydrogens is 224 g/mol. The van der Waals surface area contributed by atoms with Crippen LogP contribution in [0.4, 0.5) is 5.69 Å². The van der Waals surface area contributed by atoms with Crippen molar-refractivity contribution in [2.45, 2.75) is 19.3 Å². The fourth-order valence-electron chi connectivity index (χ4n) is 1.64. The van der Waals surface area contributed by atoms with Gasteiger partial charge in [-0.1, -0.05) is 13.8 Å². The Morgan fingerprint density at radius 3 is 2.59 bits per heavy atom. The molecule has 2 N–H and O–H groups in total. The molecule has 6 nitrogen and oxygen atoms in total. The van der Waals surface area contributed by atoms with Gasteiger partial charge in [-0.25, -0.2) is 5.90 Å². The maximum Gasteiger partial charge on any atom is 0.273 e. The molecule has 0 bridgehead atoms. The molecule has 1 aromatic carbocycles. The van der Waals surface area contributed by atoms with Gasteiger partial charge in [0.1, 0.15) is 5.75 Å². The summed E-state index contributed by atoms with van der Waals surface area (Å²) in [5, 5.41) is 10.7. The molecule has 0 saturated carbocycles. The van der Waals surface area contributed by atoms with Crippen LogP contribution in [0.25, 0.3) is 0 Å². The van der Waals surface area contributed by atoms with Crippen LogP contribution in [-0.4, -0.2) is 18.6 Å². The van der Waals surface area contributed by atoms with Gasteiger partial charge in [-0.15, -0.1) is 0 Å². The first-order valence-electron chi connectivity index (χ1n) is 5.07. The zero-order valence-electron chi connectivity index (χ0n) is 10.1. The summed E-state index contributed by atoms with van der Waals surface area (Å²) in [6.07, 6.45) is 0. The van der Waals surface area contributed by atoms with Crippen LogP contribution >= 0.6 is 0 Å². The second-order valence-electron chi connectivity index (χ2n) is 4.34. The minimum absolute atomic E-state index is 0.00457. The van der Waals surface area contributed by atoms with E-state index < -0.39 is 4.92 Å². The van der Waals surface area contributed by atoms with E-state index in [2.05, 4.69) is 4.84 Å². The van der Waals surface area contributed by atoms with Gasteiger partial charge in [0.2, 0.25) is 0 Å². The van der Waals surface area contributed by atoms with Crippen LogP contribution < -0.4 is 10.6 Å². The van der Waals surface area contributed by atoms with E-state index in [0.29, 0.717) is 12.4 Å². The number of hydrogen-bond acceptors (Lipinski definition) is 5. The van der Waals surface area contributed by atoms with E-state index in [9.17, 15) is 10.1 Å². The third kappa shape index (κ3) is 2.92. The van der Waals surface area contributed by atoms with Gasteiger partial charge >= 0.3 is 0 Å². The Labute approximate surface area is 99.4 Å². The lowest BCUT2D eigenvalue weighted by Gasteiger charge is -2.25. The zero-order valence-corrected chi connectivity index (χ0v) is 10.1. The summed E-state index contributed by atoms with van der Waals surface area (Å²) in [4.78, 5) is 14.9. The summed E-state index contributed by atoms with van der Waals surface area (Å²) >= 11 is 0. The quantitative estimate of drug-likeness (QED) is 0.626. The molecule has 0 aromatic heterocycles. The van der Waals surface area contributed by atoms with Gasteiger partial charge in [0.15, 0.2) is 0 Å². The van der Waals surface area contributed by atoms with E-state index in [4.69, 9.17) is 10.6 Å². The van der Waals surface area contributed by atoms with Crippen LogP contribution in [0.5, 0.6) is 5.75 Å². The molecule has 0 atom stereocenters. The number of nitro benzene ring substituents is 1. The number of methoxy groups -OCH3 is 1. The van der Waals surface area contributed by atoms with Gasteiger partial charge in [-0.3, -0.25) is 10.1 Å². The van der Waals surface area contributed by atoms with Crippen molar-refractivity contribution in [2.75, 3.05) is 13.7 Å². The molecule has 0 aliphatic heterocycles. The Kier molecular flexibility index (Phi) is 4.03. The Bertz CT molecular complexity index is 418. The summed E-state index contributed by atoms with van der Waals surface area (Å²) in [5.41, 5.74) is 0.431. The summed E-state index contributed by atoms with van der Waals surface area (Å²) in [5.74, 6) is 5.53. The lowest BCUT2D eigenvalue weighted by atomic mass is 9.85. The maximum absolute atomic E-state index is 10.7. The molecule has 0 aliphatic carbocycles. The highest BCUT2D eigenvalue weighted by Gasteiger charge is 2.26. The number of benzene rings is 1. The fraction of sp³-hybridized carbons (Fsp3) is 0.455. The van der Waals surface area contributed by atoms with Crippen molar-refractivity contribution in [1.29, 1.82) is 0 Å². The monoisotopic (exact) mass is 240 g/mol. The van der Waals surface area contributed by atoms with Gasteiger partial charge in [0, 0.05) is 17.0 Å². The minimum atomic E-state index is -0.460. The summed E-state index contributed by atoms with van der Waals surface area (Å²) in [7, 11) is 1.47.